The molecule has 1 aromatic carbocycles. The maximum Gasteiger partial charge on any atom is 0.222 e. The number of carbonyl (C=O) groups is 2. The lowest BCUT2D eigenvalue weighted by molar-refractivity contribution is -0.129. The van der Waals surface area contributed by atoms with Gasteiger partial charge in [-0.1, -0.05) is 18.2 Å². The topological polar surface area (TPSA) is 61.4 Å². The van der Waals surface area contributed by atoms with Crippen LogP contribution in [-0.4, -0.2) is 30.8 Å². The molecule has 1 aliphatic heterocycles. The van der Waals surface area contributed by atoms with Crippen molar-refractivity contribution in [3.8, 4) is 0 Å². The van der Waals surface area contributed by atoms with Gasteiger partial charge in [-0.15, -0.1) is 0 Å². The van der Waals surface area contributed by atoms with E-state index in [1.54, 1.807) is 19.0 Å². The second-order valence-electron chi connectivity index (χ2n) is 5.63. The first-order valence-corrected chi connectivity index (χ1v) is 7.34. The van der Waals surface area contributed by atoms with Crippen molar-refractivity contribution < 1.29 is 9.59 Å². The van der Waals surface area contributed by atoms with Gasteiger partial charge in [-0.2, -0.15) is 0 Å². The Morgan fingerprint density at radius 2 is 1.95 bits per heavy atom. The highest BCUT2D eigenvalue weighted by molar-refractivity contribution is 5.78. The zero-order valence-corrected chi connectivity index (χ0v) is 12.7. The third kappa shape index (κ3) is 4.56. The normalized spacial score (nSPS) is 12.9. The van der Waals surface area contributed by atoms with Crippen molar-refractivity contribution in [2.24, 2.45) is 0 Å². The van der Waals surface area contributed by atoms with E-state index in [1.807, 2.05) is 0 Å². The lowest BCUT2D eigenvalue weighted by Gasteiger charge is -2.10. The number of amides is 2. The zero-order valence-electron chi connectivity index (χ0n) is 12.7. The molecular formula is C16H23N3O2. The van der Waals surface area contributed by atoms with Crippen molar-refractivity contribution in [1.82, 2.24) is 15.5 Å². The van der Waals surface area contributed by atoms with Crippen LogP contribution in [0.15, 0.2) is 18.2 Å². The van der Waals surface area contributed by atoms with Gasteiger partial charge < -0.3 is 15.5 Å². The summed E-state index contributed by atoms with van der Waals surface area (Å²) in [6.45, 7) is 2.39. The lowest BCUT2D eigenvalue weighted by atomic mass is 10.1. The monoisotopic (exact) mass is 289 g/mol. The number of hydrogen-bond donors (Lipinski definition) is 2. The predicted octanol–water partition coefficient (Wildman–Crippen LogP) is 1.16. The molecule has 0 saturated heterocycles. The minimum atomic E-state index is 0.000166. The highest BCUT2D eigenvalue weighted by Gasteiger charge is 2.10. The summed E-state index contributed by atoms with van der Waals surface area (Å²) in [6, 6.07) is 6.32. The molecule has 2 N–H and O–H groups in total. The van der Waals surface area contributed by atoms with Gasteiger partial charge in [0.15, 0.2) is 0 Å². The minimum absolute atomic E-state index is 0.000166. The molecule has 2 amide bonds. The van der Waals surface area contributed by atoms with E-state index in [4.69, 9.17) is 0 Å². The van der Waals surface area contributed by atoms with Crippen LogP contribution in [0.2, 0.25) is 0 Å². The van der Waals surface area contributed by atoms with Gasteiger partial charge in [-0.05, 0) is 23.1 Å². The number of rotatable bonds is 6. The molecule has 0 aromatic heterocycles. The molecule has 2 rings (SSSR count). The van der Waals surface area contributed by atoms with E-state index < -0.39 is 0 Å². The second kappa shape index (κ2) is 7.22. The fourth-order valence-corrected chi connectivity index (χ4v) is 2.37. The first-order valence-electron chi connectivity index (χ1n) is 7.34. The van der Waals surface area contributed by atoms with Crippen LogP contribution in [0, 0.1) is 0 Å². The van der Waals surface area contributed by atoms with Crippen LogP contribution in [0.5, 0.6) is 0 Å². The van der Waals surface area contributed by atoms with Gasteiger partial charge >= 0.3 is 0 Å². The number of carbonyl (C=O) groups excluding carboxylic acids is 2. The van der Waals surface area contributed by atoms with Gasteiger partial charge in [0.25, 0.3) is 0 Å². The summed E-state index contributed by atoms with van der Waals surface area (Å²) < 4.78 is 0. The molecule has 21 heavy (non-hydrogen) atoms. The van der Waals surface area contributed by atoms with Crippen LogP contribution in [0.3, 0.4) is 0 Å². The van der Waals surface area contributed by atoms with E-state index in [9.17, 15) is 9.59 Å². The number of nitrogens with one attached hydrogen (secondary N) is 2. The van der Waals surface area contributed by atoms with Crippen molar-refractivity contribution in [3.05, 3.63) is 34.9 Å². The fourth-order valence-electron chi connectivity index (χ4n) is 2.37. The Hall–Kier alpha value is -1.88. The second-order valence-corrected chi connectivity index (χ2v) is 5.63. The van der Waals surface area contributed by atoms with Gasteiger partial charge in [0.1, 0.15) is 0 Å². The molecule has 0 radical (unpaired) electrons. The van der Waals surface area contributed by atoms with Gasteiger partial charge in [-0.25, -0.2) is 0 Å². The first-order chi connectivity index (χ1) is 10.1. The van der Waals surface area contributed by atoms with Crippen molar-refractivity contribution in [2.75, 3.05) is 14.1 Å². The first kappa shape index (κ1) is 15.5. The van der Waals surface area contributed by atoms with Crippen molar-refractivity contribution in [1.29, 1.82) is 0 Å². The van der Waals surface area contributed by atoms with Crippen LogP contribution in [0.25, 0.3) is 0 Å². The zero-order chi connectivity index (χ0) is 15.2. The Labute approximate surface area is 125 Å². The molecule has 1 heterocycles. The molecular weight excluding hydrogens is 266 g/mol. The van der Waals surface area contributed by atoms with Gasteiger partial charge in [0, 0.05) is 46.6 Å². The molecule has 0 aliphatic carbocycles. The molecule has 0 bridgehead atoms. The molecule has 5 nitrogen and oxygen atoms in total. The fraction of sp³-hybridized carbons (Fsp3) is 0.500. The maximum atomic E-state index is 11.8. The Morgan fingerprint density at radius 1 is 1.19 bits per heavy atom. The van der Waals surface area contributed by atoms with E-state index in [2.05, 4.69) is 28.8 Å². The van der Waals surface area contributed by atoms with E-state index in [0.29, 0.717) is 25.8 Å². The Bertz CT molecular complexity index is 526. The summed E-state index contributed by atoms with van der Waals surface area (Å²) in [6.07, 6.45) is 1.41. The molecule has 1 aromatic rings. The van der Waals surface area contributed by atoms with Crippen molar-refractivity contribution in [3.63, 3.8) is 0 Å². The van der Waals surface area contributed by atoms with Crippen molar-refractivity contribution in [2.45, 2.75) is 38.9 Å². The molecule has 0 spiro atoms. The summed E-state index contributed by atoms with van der Waals surface area (Å²) >= 11 is 0. The summed E-state index contributed by atoms with van der Waals surface area (Å²) in [5.74, 6) is 0.0640. The van der Waals surface area contributed by atoms with Gasteiger partial charge in [0.2, 0.25) is 11.8 Å². The van der Waals surface area contributed by atoms with Crippen LogP contribution in [-0.2, 0) is 29.2 Å². The average molecular weight is 289 g/mol. The van der Waals surface area contributed by atoms with E-state index in [-0.39, 0.29) is 11.8 Å². The van der Waals surface area contributed by atoms with E-state index in [1.165, 1.54) is 11.1 Å². The van der Waals surface area contributed by atoms with Crippen LogP contribution in [0.1, 0.15) is 36.0 Å². The lowest BCUT2D eigenvalue weighted by Crippen LogP contribution is -2.24. The van der Waals surface area contributed by atoms with Crippen LogP contribution < -0.4 is 10.6 Å². The minimum Gasteiger partial charge on any atom is -0.352 e. The summed E-state index contributed by atoms with van der Waals surface area (Å²) in [7, 11) is 3.45. The standard InChI is InChI=1S/C16H23N3O2/c1-19(2)16(21)5-3-4-15(20)18-9-12-6-7-13-10-17-11-14(13)8-12/h6-8,17H,3-5,9-11H2,1-2H3,(H,18,20). The van der Waals surface area contributed by atoms with Crippen LogP contribution in [0.4, 0.5) is 0 Å². The number of hydrogen-bond acceptors (Lipinski definition) is 3. The summed E-state index contributed by atoms with van der Waals surface area (Å²) in [5, 5.41) is 6.21. The highest BCUT2D eigenvalue weighted by atomic mass is 16.2. The van der Waals surface area contributed by atoms with Crippen LogP contribution >= 0.6 is 0 Å². The molecule has 0 unspecified atom stereocenters. The number of benzene rings is 1. The third-order valence-corrected chi connectivity index (χ3v) is 3.68. The molecule has 114 valence electrons. The molecule has 1 aliphatic rings. The van der Waals surface area contributed by atoms with Crippen molar-refractivity contribution >= 4 is 11.8 Å². The Morgan fingerprint density at radius 3 is 2.71 bits per heavy atom. The quantitative estimate of drug-likeness (QED) is 0.826. The highest BCUT2D eigenvalue weighted by Crippen LogP contribution is 2.16. The maximum absolute atomic E-state index is 11.8. The van der Waals surface area contributed by atoms with E-state index >= 15 is 0 Å². The smallest absolute Gasteiger partial charge is 0.222 e. The Balaban J connectivity index is 1.70. The van der Waals surface area contributed by atoms with Gasteiger partial charge in [-0.3, -0.25) is 9.59 Å². The molecule has 0 fully saturated rings. The van der Waals surface area contributed by atoms with Gasteiger partial charge in [0.05, 0.1) is 0 Å². The number of fused-ring (bicyclic) bond motifs is 1. The predicted molar refractivity (Wildman–Crippen MR) is 81.4 cm³/mol. The largest absolute Gasteiger partial charge is 0.352 e. The molecule has 0 saturated carbocycles. The summed E-state index contributed by atoms with van der Waals surface area (Å²) in [4.78, 5) is 24.7. The molecule has 5 heteroatoms. The number of nitrogens with zero attached hydrogens (tertiary/aromatic N) is 1. The summed E-state index contributed by atoms with van der Waals surface area (Å²) in [5.41, 5.74) is 3.78. The van der Waals surface area contributed by atoms with E-state index in [0.717, 1.165) is 18.7 Å². The Kier molecular flexibility index (Phi) is 5.33. The third-order valence-electron chi connectivity index (χ3n) is 3.68. The average Bonchev–Trinajstić information content (AvgIpc) is 2.92. The SMILES string of the molecule is CN(C)C(=O)CCCC(=O)NCc1ccc2c(c1)CNC2. The molecule has 0 atom stereocenters.